The first-order valence-corrected chi connectivity index (χ1v) is 5.87. The molecule has 0 aliphatic carbocycles. The molecule has 4 heteroatoms. The predicted molar refractivity (Wildman–Crippen MR) is 57.6 cm³/mol. The molecule has 0 aromatic heterocycles. The van der Waals surface area contributed by atoms with Crippen LogP contribution in [0.5, 0.6) is 0 Å². The zero-order valence-corrected chi connectivity index (χ0v) is 9.29. The number of nitrogens with one attached hydrogen (secondary N) is 2. The molecular formula is C11H20N2O2. The van der Waals surface area contributed by atoms with Gasteiger partial charge in [0.2, 0.25) is 5.91 Å². The number of piperidine rings is 1. The summed E-state index contributed by atoms with van der Waals surface area (Å²) in [6, 6.07) is 0.806. The van der Waals surface area contributed by atoms with E-state index in [1.54, 1.807) is 0 Å². The van der Waals surface area contributed by atoms with Gasteiger partial charge in [-0.15, -0.1) is 0 Å². The summed E-state index contributed by atoms with van der Waals surface area (Å²) in [6.07, 6.45) is 3.06. The Morgan fingerprint density at radius 3 is 2.87 bits per heavy atom. The molecule has 15 heavy (non-hydrogen) atoms. The van der Waals surface area contributed by atoms with Gasteiger partial charge in [0.15, 0.2) is 0 Å². The third kappa shape index (κ3) is 2.92. The van der Waals surface area contributed by atoms with E-state index in [1.807, 2.05) is 0 Å². The van der Waals surface area contributed by atoms with Crippen LogP contribution in [0, 0.1) is 5.92 Å². The summed E-state index contributed by atoms with van der Waals surface area (Å²) >= 11 is 0. The van der Waals surface area contributed by atoms with E-state index >= 15 is 0 Å². The van der Waals surface area contributed by atoms with E-state index in [0.717, 1.165) is 32.4 Å². The quantitative estimate of drug-likeness (QED) is 0.691. The maximum Gasteiger partial charge on any atom is 0.224 e. The Bertz CT molecular complexity index is 219. The molecule has 0 bridgehead atoms. The predicted octanol–water partition coefficient (Wildman–Crippen LogP) is 0.280. The van der Waals surface area contributed by atoms with Crippen molar-refractivity contribution in [3.63, 3.8) is 0 Å². The van der Waals surface area contributed by atoms with Crippen LogP contribution in [0.2, 0.25) is 0 Å². The van der Waals surface area contributed by atoms with Gasteiger partial charge in [-0.3, -0.25) is 4.79 Å². The number of amides is 1. The number of hydrogen-bond donors (Lipinski definition) is 2. The zero-order valence-electron chi connectivity index (χ0n) is 9.29. The molecule has 86 valence electrons. The van der Waals surface area contributed by atoms with E-state index in [-0.39, 0.29) is 17.9 Å². The first-order chi connectivity index (χ1) is 7.25. The summed E-state index contributed by atoms with van der Waals surface area (Å²) in [4.78, 5) is 11.9. The zero-order chi connectivity index (χ0) is 10.7. The van der Waals surface area contributed by atoms with Crippen LogP contribution in [0.3, 0.4) is 0 Å². The molecule has 0 radical (unpaired) electrons. The normalized spacial score (nSPS) is 36.5. The van der Waals surface area contributed by atoms with Gasteiger partial charge in [-0.1, -0.05) is 0 Å². The standard InChI is InChI=1S/C11H20N2O2/c1-8-2-3-9(6-12-8)11(14)13-10-4-5-15-7-10/h8-10,12H,2-7H2,1H3,(H,13,14). The third-order valence-electron chi connectivity index (χ3n) is 3.31. The molecule has 2 aliphatic heterocycles. The first-order valence-electron chi connectivity index (χ1n) is 5.87. The van der Waals surface area contributed by atoms with Crippen molar-refractivity contribution in [2.24, 2.45) is 5.92 Å². The van der Waals surface area contributed by atoms with Crippen LogP contribution in [0.25, 0.3) is 0 Å². The fourth-order valence-corrected chi connectivity index (χ4v) is 2.19. The van der Waals surface area contributed by atoms with Gasteiger partial charge in [-0.05, 0) is 26.2 Å². The van der Waals surface area contributed by atoms with Crippen LogP contribution in [0.15, 0.2) is 0 Å². The molecule has 3 atom stereocenters. The second kappa shape index (κ2) is 4.94. The Balaban J connectivity index is 1.75. The van der Waals surface area contributed by atoms with Crippen LogP contribution in [-0.2, 0) is 9.53 Å². The van der Waals surface area contributed by atoms with Crippen molar-refractivity contribution in [1.82, 2.24) is 10.6 Å². The Labute approximate surface area is 90.8 Å². The van der Waals surface area contributed by atoms with E-state index in [1.165, 1.54) is 0 Å². The summed E-state index contributed by atoms with van der Waals surface area (Å²) in [6.45, 7) is 4.45. The molecule has 0 aromatic rings. The molecule has 0 aromatic carbocycles. The van der Waals surface area contributed by atoms with E-state index in [9.17, 15) is 4.79 Å². The lowest BCUT2D eigenvalue weighted by Gasteiger charge is -2.27. The van der Waals surface area contributed by atoms with E-state index in [0.29, 0.717) is 12.6 Å². The minimum Gasteiger partial charge on any atom is -0.379 e. The van der Waals surface area contributed by atoms with Gasteiger partial charge in [-0.25, -0.2) is 0 Å². The maximum atomic E-state index is 11.9. The molecule has 2 aliphatic rings. The van der Waals surface area contributed by atoms with Crippen molar-refractivity contribution in [2.45, 2.75) is 38.3 Å². The molecule has 0 spiro atoms. The number of carbonyl (C=O) groups excluding carboxylic acids is 1. The van der Waals surface area contributed by atoms with Crippen LogP contribution >= 0.6 is 0 Å². The Hall–Kier alpha value is -0.610. The number of hydrogen-bond acceptors (Lipinski definition) is 3. The van der Waals surface area contributed by atoms with Crippen LogP contribution in [0.4, 0.5) is 0 Å². The van der Waals surface area contributed by atoms with Gasteiger partial charge in [0.05, 0.1) is 18.6 Å². The Morgan fingerprint density at radius 1 is 1.40 bits per heavy atom. The fraction of sp³-hybridized carbons (Fsp3) is 0.909. The first kappa shape index (κ1) is 10.9. The minimum absolute atomic E-state index is 0.154. The van der Waals surface area contributed by atoms with Crippen molar-refractivity contribution in [1.29, 1.82) is 0 Å². The topological polar surface area (TPSA) is 50.4 Å². The molecule has 2 heterocycles. The second-order valence-corrected chi connectivity index (χ2v) is 4.65. The highest BCUT2D eigenvalue weighted by molar-refractivity contribution is 5.79. The van der Waals surface area contributed by atoms with Crippen LogP contribution < -0.4 is 10.6 Å². The Kier molecular flexibility index (Phi) is 3.59. The van der Waals surface area contributed by atoms with Crippen molar-refractivity contribution in [3.8, 4) is 0 Å². The largest absolute Gasteiger partial charge is 0.379 e. The number of ether oxygens (including phenoxy) is 1. The van der Waals surface area contributed by atoms with Gasteiger partial charge in [0, 0.05) is 19.2 Å². The van der Waals surface area contributed by atoms with Gasteiger partial charge >= 0.3 is 0 Å². The highest BCUT2D eigenvalue weighted by Crippen LogP contribution is 2.15. The van der Waals surface area contributed by atoms with Crippen molar-refractivity contribution in [2.75, 3.05) is 19.8 Å². The fourth-order valence-electron chi connectivity index (χ4n) is 2.19. The van der Waals surface area contributed by atoms with Gasteiger partial charge in [0.25, 0.3) is 0 Å². The van der Waals surface area contributed by atoms with E-state index < -0.39 is 0 Å². The summed E-state index contributed by atoms with van der Waals surface area (Å²) in [5, 5.41) is 6.41. The molecule has 2 fully saturated rings. The van der Waals surface area contributed by atoms with E-state index in [2.05, 4.69) is 17.6 Å². The summed E-state index contributed by atoms with van der Waals surface area (Å²) < 4.78 is 5.23. The minimum atomic E-state index is 0.154. The van der Waals surface area contributed by atoms with Crippen LogP contribution in [0.1, 0.15) is 26.2 Å². The lowest BCUT2D eigenvalue weighted by Crippen LogP contribution is -2.46. The number of carbonyl (C=O) groups is 1. The smallest absolute Gasteiger partial charge is 0.224 e. The third-order valence-corrected chi connectivity index (χ3v) is 3.31. The molecule has 2 N–H and O–H groups in total. The SMILES string of the molecule is CC1CCC(C(=O)NC2CCOC2)CN1. The molecule has 2 rings (SSSR count). The van der Waals surface area contributed by atoms with Gasteiger partial charge < -0.3 is 15.4 Å². The summed E-state index contributed by atoms with van der Waals surface area (Å²) in [5.74, 6) is 0.353. The highest BCUT2D eigenvalue weighted by atomic mass is 16.5. The van der Waals surface area contributed by atoms with E-state index in [4.69, 9.17) is 4.74 Å². The molecule has 0 saturated carbocycles. The highest BCUT2D eigenvalue weighted by Gasteiger charge is 2.26. The average Bonchev–Trinajstić information content (AvgIpc) is 2.71. The van der Waals surface area contributed by atoms with Crippen LogP contribution in [-0.4, -0.2) is 37.7 Å². The molecule has 4 nitrogen and oxygen atoms in total. The van der Waals surface area contributed by atoms with Crippen molar-refractivity contribution >= 4 is 5.91 Å². The average molecular weight is 212 g/mol. The van der Waals surface area contributed by atoms with Gasteiger partial charge in [0.1, 0.15) is 0 Å². The second-order valence-electron chi connectivity index (χ2n) is 4.65. The number of rotatable bonds is 2. The van der Waals surface area contributed by atoms with Crippen molar-refractivity contribution in [3.05, 3.63) is 0 Å². The molecule has 2 saturated heterocycles. The monoisotopic (exact) mass is 212 g/mol. The van der Waals surface area contributed by atoms with Gasteiger partial charge in [-0.2, -0.15) is 0 Å². The summed E-state index contributed by atoms with van der Waals surface area (Å²) in [7, 11) is 0. The molecular weight excluding hydrogens is 192 g/mol. The summed E-state index contributed by atoms with van der Waals surface area (Å²) in [5.41, 5.74) is 0. The Morgan fingerprint density at radius 2 is 2.27 bits per heavy atom. The van der Waals surface area contributed by atoms with Crippen molar-refractivity contribution < 1.29 is 9.53 Å². The lowest BCUT2D eigenvalue weighted by atomic mass is 9.94. The maximum absolute atomic E-state index is 11.9. The molecule has 1 amide bonds. The molecule has 3 unspecified atom stereocenters. The lowest BCUT2D eigenvalue weighted by molar-refractivity contribution is -0.126.